The number of aryl methyl sites for hydroxylation is 1. The number of carbonyl (C=O) groups is 2. The quantitative estimate of drug-likeness (QED) is 0.553. The van der Waals surface area contributed by atoms with Gasteiger partial charge in [0.1, 0.15) is 11.6 Å². The van der Waals surface area contributed by atoms with Crippen LogP contribution in [0.3, 0.4) is 0 Å². The van der Waals surface area contributed by atoms with Crippen molar-refractivity contribution in [1.29, 1.82) is 0 Å². The summed E-state index contributed by atoms with van der Waals surface area (Å²) in [7, 11) is 0. The molecule has 0 heterocycles. The molecular formula is C25H40O2. The lowest BCUT2D eigenvalue weighted by Gasteiger charge is -2.30. The molecule has 0 aromatic heterocycles. The standard InChI is InChI=1S/C23H32O2.2CH4/c1-16-13-17(2)15-19(14-16)22(24)11-6-12-23(25)21-10-5-8-18-7-3-4-9-20(18)21;;/h3-4,7,9,16-17,19,21H,5-6,8,10-15H2,1-2H3;2*1H4. The van der Waals surface area contributed by atoms with E-state index in [-0.39, 0.29) is 26.7 Å². The van der Waals surface area contributed by atoms with E-state index < -0.39 is 0 Å². The first kappa shape index (κ1) is 23.6. The molecule has 2 heteroatoms. The Kier molecular flexibility index (Phi) is 9.42. The Balaban J connectivity index is 0.00000182. The average Bonchev–Trinajstić information content (AvgIpc) is 2.60. The van der Waals surface area contributed by atoms with E-state index in [9.17, 15) is 9.59 Å². The summed E-state index contributed by atoms with van der Waals surface area (Å²) in [6, 6.07) is 8.38. The van der Waals surface area contributed by atoms with Gasteiger partial charge in [-0.3, -0.25) is 9.59 Å². The number of benzene rings is 1. The van der Waals surface area contributed by atoms with Gasteiger partial charge in [-0.25, -0.2) is 0 Å². The van der Waals surface area contributed by atoms with Crippen LogP contribution in [0.4, 0.5) is 0 Å². The van der Waals surface area contributed by atoms with Crippen molar-refractivity contribution in [3.8, 4) is 0 Å². The topological polar surface area (TPSA) is 34.1 Å². The maximum absolute atomic E-state index is 12.7. The van der Waals surface area contributed by atoms with Gasteiger partial charge in [-0.05, 0) is 67.9 Å². The molecule has 0 saturated heterocycles. The fraction of sp³-hybridized carbons (Fsp3) is 0.680. The molecule has 0 N–H and O–H groups in total. The highest BCUT2D eigenvalue weighted by atomic mass is 16.1. The third-order valence-electron chi connectivity index (χ3n) is 6.24. The van der Waals surface area contributed by atoms with Crippen molar-refractivity contribution in [3.63, 3.8) is 0 Å². The molecule has 1 saturated carbocycles. The first-order chi connectivity index (χ1) is 12.0. The van der Waals surface area contributed by atoms with Crippen LogP contribution in [-0.4, -0.2) is 11.6 Å². The summed E-state index contributed by atoms with van der Waals surface area (Å²) in [5.41, 5.74) is 2.58. The van der Waals surface area contributed by atoms with Gasteiger partial charge in [0.05, 0.1) is 0 Å². The van der Waals surface area contributed by atoms with Gasteiger partial charge in [0, 0.05) is 24.7 Å². The van der Waals surface area contributed by atoms with Gasteiger partial charge < -0.3 is 0 Å². The molecule has 0 amide bonds. The summed E-state index contributed by atoms with van der Waals surface area (Å²) >= 11 is 0. The molecule has 0 spiro atoms. The summed E-state index contributed by atoms with van der Waals surface area (Å²) in [6.07, 6.45) is 8.40. The lowest BCUT2D eigenvalue weighted by Crippen LogP contribution is -2.26. The van der Waals surface area contributed by atoms with Gasteiger partial charge in [-0.2, -0.15) is 0 Å². The van der Waals surface area contributed by atoms with Crippen LogP contribution in [0.15, 0.2) is 24.3 Å². The Morgan fingerprint density at radius 3 is 2.26 bits per heavy atom. The lowest BCUT2D eigenvalue weighted by molar-refractivity contribution is -0.125. The van der Waals surface area contributed by atoms with E-state index >= 15 is 0 Å². The number of ketones is 2. The summed E-state index contributed by atoms with van der Waals surface area (Å²) < 4.78 is 0. The minimum absolute atomic E-state index is 0. The molecule has 2 aliphatic rings. The minimum Gasteiger partial charge on any atom is -0.299 e. The second-order valence-corrected chi connectivity index (χ2v) is 8.54. The van der Waals surface area contributed by atoms with E-state index in [0.29, 0.717) is 36.2 Å². The molecule has 0 radical (unpaired) electrons. The molecule has 0 bridgehead atoms. The third kappa shape index (κ3) is 6.02. The Morgan fingerprint density at radius 1 is 0.926 bits per heavy atom. The van der Waals surface area contributed by atoms with E-state index in [1.54, 1.807) is 0 Å². The number of Topliss-reactive ketones (excluding diaryl/α,β-unsaturated/α-hetero) is 2. The van der Waals surface area contributed by atoms with Crippen molar-refractivity contribution >= 4 is 11.6 Å². The number of hydrogen-bond donors (Lipinski definition) is 0. The normalized spacial score (nSPS) is 26.9. The maximum atomic E-state index is 12.7. The Bertz CT molecular complexity index is 609. The van der Waals surface area contributed by atoms with Crippen LogP contribution in [0, 0.1) is 17.8 Å². The zero-order valence-electron chi connectivity index (χ0n) is 15.8. The third-order valence-corrected chi connectivity index (χ3v) is 6.24. The highest BCUT2D eigenvalue weighted by Crippen LogP contribution is 2.35. The minimum atomic E-state index is 0. The van der Waals surface area contributed by atoms with Gasteiger partial charge in [0.2, 0.25) is 0 Å². The van der Waals surface area contributed by atoms with Gasteiger partial charge >= 0.3 is 0 Å². The zero-order valence-corrected chi connectivity index (χ0v) is 15.8. The predicted molar refractivity (Wildman–Crippen MR) is 115 cm³/mol. The molecule has 3 unspecified atom stereocenters. The second-order valence-electron chi connectivity index (χ2n) is 8.54. The van der Waals surface area contributed by atoms with Gasteiger partial charge in [-0.15, -0.1) is 0 Å². The summed E-state index contributed by atoms with van der Waals surface area (Å²) in [5, 5.41) is 0. The number of carbonyl (C=O) groups excluding carboxylic acids is 2. The summed E-state index contributed by atoms with van der Waals surface area (Å²) in [5.74, 6) is 2.37. The fourth-order valence-corrected chi connectivity index (χ4v) is 5.11. The fourth-order valence-electron chi connectivity index (χ4n) is 5.11. The largest absolute Gasteiger partial charge is 0.299 e. The van der Waals surface area contributed by atoms with Crippen LogP contribution >= 0.6 is 0 Å². The SMILES string of the molecule is C.C.CC1CC(C)CC(C(=O)CCCC(=O)C2CCCc3ccccc32)C1. The zero-order chi connectivity index (χ0) is 17.8. The molecule has 0 aliphatic heterocycles. The summed E-state index contributed by atoms with van der Waals surface area (Å²) in [6.45, 7) is 4.53. The molecule has 3 atom stereocenters. The molecule has 27 heavy (non-hydrogen) atoms. The molecule has 152 valence electrons. The van der Waals surface area contributed by atoms with E-state index in [1.807, 2.05) is 6.07 Å². The van der Waals surface area contributed by atoms with Crippen molar-refractivity contribution in [2.45, 2.75) is 92.4 Å². The first-order valence-corrected chi connectivity index (χ1v) is 10.2. The number of rotatable bonds is 6. The van der Waals surface area contributed by atoms with E-state index in [4.69, 9.17) is 0 Å². The Hall–Kier alpha value is -1.44. The second kappa shape index (κ2) is 10.8. The van der Waals surface area contributed by atoms with Crippen molar-refractivity contribution in [2.24, 2.45) is 17.8 Å². The Labute approximate surface area is 167 Å². The highest BCUT2D eigenvalue weighted by Gasteiger charge is 2.29. The van der Waals surface area contributed by atoms with Gasteiger partial charge in [-0.1, -0.05) is 53.0 Å². The van der Waals surface area contributed by atoms with Crippen molar-refractivity contribution in [2.75, 3.05) is 0 Å². The van der Waals surface area contributed by atoms with Crippen LogP contribution in [0.2, 0.25) is 0 Å². The van der Waals surface area contributed by atoms with Crippen LogP contribution in [0.5, 0.6) is 0 Å². The van der Waals surface area contributed by atoms with Crippen LogP contribution in [-0.2, 0) is 16.0 Å². The first-order valence-electron chi connectivity index (χ1n) is 10.2. The van der Waals surface area contributed by atoms with Crippen molar-refractivity contribution in [3.05, 3.63) is 35.4 Å². The number of hydrogen-bond acceptors (Lipinski definition) is 2. The molecule has 1 aromatic carbocycles. The lowest BCUT2D eigenvalue weighted by atomic mass is 9.74. The smallest absolute Gasteiger partial charge is 0.140 e. The van der Waals surface area contributed by atoms with Gasteiger partial charge in [0.25, 0.3) is 0 Å². The van der Waals surface area contributed by atoms with Crippen LogP contribution in [0.25, 0.3) is 0 Å². The van der Waals surface area contributed by atoms with E-state index in [1.165, 1.54) is 17.5 Å². The molecule has 2 nitrogen and oxygen atoms in total. The van der Waals surface area contributed by atoms with Gasteiger partial charge in [0.15, 0.2) is 0 Å². The molecule has 1 fully saturated rings. The highest BCUT2D eigenvalue weighted by molar-refractivity contribution is 5.87. The molecule has 1 aromatic rings. The maximum Gasteiger partial charge on any atom is 0.140 e. The van der Waals surface area contributed by atoms with Crippen LogP contribution < -0.4 is 0 Å². The van der Waals surface area contributed by atoms with Crippen molar-refractivity contribution < 1.29 is 9.59 Å². The van der Waals surface area contributed by atoms with E-state index in [2.05, 4.69) is 32.0 Å². The number of fused-ring (bicyclic) bond motifs is 1. The average molecular weight is 373 g/mol. The summed E-state index contributed by atoms with van der Waals surface area (Å²) in [4.78, 5) is 25.2. The Morgan fingerprint density at radius 2 is 1.56 bits per heavy atom. The molecule has 2 aliphatic carbocycles. The molecule has 3 rings (SSSR count). The monoisotopic (exact) mass is 372 g/mol. The predicted octanol–water partition coefficient (Wildman–Crippen LogP) is 6.76. The van der Waals surface area contributed by atoms with Crippen molar-refractivity contribution in [1.82, 2.24) is 0 Å². The van der Waals surface area contributed by atoms with Crippen LogP contribution in [0.1, 0.15) is 97.1 Å². The molecular weight excluding hydrogens is 332 g/mol. The van der Waals surface area contributed by atoms with E-state index in [0.717, 1.165) is 38.5 Å².